The van der Waals surface area contributed by atoms with Crippen molar-refractivity contribution in [2.24, 2.45) is 0 Å². The molecule has 0 aliphatic carbocycles. The van der Waals surface area contributed by atoms with E-state index < -0.39 is 0 Å². The molecular weight excluding hydrogens is 288 g/mol. The summed E-state index contributed by atoms with van der Waals surface area (Å²) >= 11 is 6.10. The van der Waals surface area contributed by atoms with E-state index in [1.54, 1.807) is 31.4 Å². The van der Waals surface area contributed by atoms with Crippen molar-refractivity contribution in [1.82, 2.24) is 0 Å². The summed E-state index contributed by atoms with van der Waals surface area (Å²) in [6.45, 7) is 1.87. The lowest BCUT2D eigenvalue weighted by Crippen LogP contribution is -2.05. The standard InChI is InChI=1S/C17H13ClO3/c1-10-7-16-13(8-15(10)18)17(19)14(9-21-16)11-3-5-12(20-2)6-4-11/h3-9H,1-2H3. The first-order valence-electron chi connectivity index (χ1n) is 6.46. The molecule has 0 atom stereocenters. The van der Waals surface area contributed by atoms with Crippen LogP contribution >= 0.6 is 11.6 Å². The van der Waals surface area contributed by atoms with Crippen LogP contribution < -0.4 is 10.2 Å². The molecule has 2 aromatic carbocycles. The number of fused-ring (bicyclic) bond motifs is 1. The SMILES string of the molecule is COc1ccc(-c2coc3cc(C)c(Cl)cc3c2=O)cc1. The van der Waals surface area contributed by atoms with Crippen molar-refractivity contribution in [3.63, 3.8) is 0 Å². The van der Waals surface area contributed by atoms with Crippen LogP contribution in [0.15, 0.2) is 51.9 Å². The van der Waals surface area contributed by atoms with E-state index in [1.807, 2.05) is 19.1 Å². The monoisotopic (exact) mass is 300 g/mol. The summed E-state index contributed by atoms with van der Waals surface area (Å²) in [5.74, 6) is 0.739. The maximum absolute atomic E-state index is 12.6. The van der Waals surface area contributed by atoms with Crippen LogP contribution in [0.1, 0.15) is 5.56 Å². The van der Waals surface area contributed by atoms with E-state index in [4.69, 9.17) is 20.8 Å². The Balaban J connectivity index is 2.21. The molecule has 1 heterocycles. The molecule has 0 fully saturated rings. The summed E-state index contributed by atoms with van der Waals surface area (Å²) in [4.78, 5) is 12.6. The molecule has 106 valence electrons. The Labute approximate surface area is 126 Å². The molecule has 0 spiro atoms. The highest BCUT2D eigenvalue weighted by Crippen LogP contribution is 2.25. The number of halogens is 1. The van der Waals surface area contributed by atoms with Crippen LogP contribution in [0.5, 0.6) is 5.75 Å². The molecule has 3 nitrogen and oxygen atoms in total. The Morgan fingerprint density at radius 3 is 2.52 bits per heavy atom. The van der Waals surface area contributed by atoms with Gasteiger partial charge in [-0.25, -0.2) is 0 Å². The first-order valence-corrected chi connectivity index (χ1v) is 6.84. The molecule has 3 aromatic rings. The van der Waals surface area contributed by atoms with Crippen molar-refractivity contribution < 1.29 is 9.15 Å². The third-order valence-electron chi connectivity index (χ3n) is 3.45. The smallest absolute Gasteiger partial charge is 0.200 e. The third-order valence-corrected chi connectivity index (χ3v) is 3.86. The minimum absolute atomic E-state index is 0.0942. The molecule has 1 aromatic heterocycles. The lowest BCUT2D eigenvalue weighted by atomic mass is 10.0. The zero-order chi connectivity index (χ0) is 15.0. The largest absolute Gasteiger partial charge is 0.497 e. The lowest BCUT2D eigenvalue weighted by Gasteiger charge is -2.05. The van der Waals surface area contributed by atoms with E-state index in [0.29, 0.717) is 21.6 Å². The number of hydrogen-bond donors (Lipinski definition) is 0. The van der Waals surface area contributed by atoms with Crippen molar-refractivity contribution in [3.05, 3.63) is 63.5 Å². The first kappa shape index (κ1) is 13.7. The van der Waals surface area contributed by atoms with E-state index in [0.717, 1.165) is 16.9 Å². The maximum Gasteiger partial charge on any atom is 0.200 e. The number of aryl methyl sites for hydroxylation is 1. The van der Waals surface area contributed by atoms with Crippen LogP contribution in [0.2, 0.25) is 5.02 Å². The van der Waals surface area contributed by atoms with Gasteiger partial charge in [0, 0.05) is 5.02 Å². The lowest BCUT2D eigenvalue weighted by molar-refractivity contribution is 0.415. The van der Waals surface area contributed by atoms with E-state index >= 15 is 0 Å². The molecule has 0 amide bonds. The van der Waals surface area contributed by atoms with Crippen molar-refractivity contribution in [3.8, 4) is 16.9 Å². The van der Waals surface area contributed by atoms with E-state index in [1.165, 1.54) is 6.26 Å². The van der Waals surface area contributed by atoms with Gasteiger partial charge < -0.3 is 9.15 Å². The predicted octanol–water partition coefficient (Wildman–Crippen LogP) is 4.43. The summed E-state index contributed by atoms with van der Waals surface area (Å²) in [5, 5.41) is 1.04. The zero-order valence-corrected chi connectivity index (χ0v) is 12.4. The second-order valence-electron chi connectivity index (χ2n) is 4.80. The van der Waals surface area contributed by atoms with Gasteiger partial charge in [-0.15, -0.1) is 0 Å². The Bertz CT molecular complexity index is 864. The topological polar surface area (TPSA) is 39.4 Å². The highest BCUT2D eigenvalue weighted by atomic mass is 35.5. The van der Waals surface area contributed by atoms with E-state index in [9.17, 15) is 4.79 Å². The quantitative estimate of drug-likeness (QED) is 0.703. The Kier molecular flexibility index (Phi) is 3.43. The molecule has 4 heteroatoms. The fourth-order valence-electron chi connectivity index (χ4n) is 2.22. The Morgan fingerprint density at radius 2 is 1.86 bits per heavy atom. The molecule has 0 unspecified atom stereocenters. The van der Waals surface area contributed by atoms with Gasteiger partial charge in [-0.1, -0.05) is 23.7 Å². The molecule has 0 aliphatic heterocycles. The van der Waals surface area contributed by atoms with Crippen LogP contribution in [0.3, 0.4) is 0 Å². The van der Waals surface area contributed by atoms with Gasteiger partial charge in [-0.3, -0.25) is 4.79 Å². The van der Waals surface area contributed by atoms with Gasteiger partial charge >= 0.3 is 0 Å². The normalized spacial score (nSPS) is 10.8. The number of methoxy groups -OCH3 is 1. The van der Waals surface area contributed by atoms with Gasteiger partial charge in [-0.05, 0) is 42.3 Å². The summed E-state index contributed by atoms with van der Waals surface area (Å²) in [6, 6.07) is 10.7. The van der Waals surface area contributed by atoms with E-state index in [-0.39, 0.29) is 5.43 Å². The maximum atomic E-state index is 12.6. The zero-order valence-electron chi connectivity index (χ0n) is 11.6. The Hall–Kier alpha value is -2.26. The van der Waals surface area contributed by atoms with Gasteiger partial charge in [0.15, 0.2) is 0 Å². The molecule has 0 bridgehead atoms. The molecule has 0 saturated carbocycles. The molecule has 0 aliphatic rings. The van der Waals surface area contributed by atoms with Crippen LogP contribution in [-0.4, -0.2) is 7.11 Å². The minimum Gasteiger partial charge on any atom is -0.497 e. The second-order valence-corrected chi connectivity index (χ2v) is 5.21. The average Bonchev–Trinajstić information content (AvgIpc) is 2.50. The first-order chi connectivity index (χ1) is 10.1. The third kappa shape index (κ3) is 2.41. The highest BCUT2D eigenvalue weighted by Gasteiger charge is 2.11. The molecule has 3 rings (SSSR count). The molecule has 0 N–H and O–H groups in total. The number of rotatable bonds is 2. The molecular formula is C17H13ClO3. The van der Waals surface area contributed by atoms with Crippen molar-refractivity contribution >= 4 is 22.6 Å². The van der Waals surface area contributed by atoms with E-state index in [2.05, 4.69) is 0 Å². The van der Waals surface area contributed by atoms with Crippen LogP contribution in [0.4, 0.5) is 0 Å². The number of hydrogen-bond acceptors (Lipinski definition) is 3. The molecule has 0 radical (unpaired) electrons. The minimum atomic E-state index is -0.0942. The van der Waals surface area contributed by atoms with Gasteiger partial charge in [0.2, 0.25) is 5.43 Å². The van der Waals surface area contributed by atoms with Crippen molar-refractivity contribution in [2.45, 2.75) is 6.92 Å². The number of benzene rings is 2. The molecule has 21 heavy (non-hydrogen) atoms. The summed E-state index contributed by atoms with van der Waals surface area (Å²) in [6.07, 6.45) is 1.49. The fourth-order valence-corrected chi connectivity index (χ4v) is 2.38. The van der Waals surface area contributed by atoms with Crippen molar-refractivity contribution in [1.29, 1.82) is 0 Å². The second kappa shape index (κ2) is 5.26. The van der Waals surface area contributed by atoms with Crippen LogP contribution in [0.25, 0.3) is 22.1 Å². The van der Waals surface area contributed by atoms with Crippen LogP contribution in [0, 0.1) is 6.92 Å². The molecule has 0 saturated heterocycles. The van der Waals surface area contributed by atoms with Gasteiger partial charge in [0.05, 0.1) is 18.1 Å². The average molecular weight is 301 g/mol. The van der Waals surface area contributed by atoms with Gasteiger partial charge in [0.1, 0.15) is 17.6 Å². The van der Waals surface area contributed by atoms with Gasteiger partial charge in [-0.2, -0.15) is 0 Å². The van der Waals surface area contributed by atoms with Crippen LogP contribution in [-0.2, 0) is 0 Å². The summed E-state index contributed by atoms with van der Waals surface area (Å²) < 4.78 is 10.7. The van der Waals surface area contributed by atoms with Gasteiger partial charge in [0.25, 0.3) is 0 Å². The summed E-state index contributed by atoms with van der Waals surface area (Å²) in [5.41, 5.74) is 2.61. The Morgan fingerprint density at radius 1 is 1.14 bits per heavy atom. The summed E-state index contributed by atoms with van der Waals surface area (Å²) in [7, 11) is 1.60. The predicted molar refractivity (Wildman–Crippen MR) is 84.2 cm³/mol. The number of ether oxygens (including phenoxy) is 1. The highest BCUT2D eigenvalue weighted by molar-refractivity contribution is 6.32. The van der Waals surface area contributed by atoms with Crippen molar-refractivity contribution in [2.75, 3.05) is 7.11 Å². The fraction of sp³-hybridized carbons (Fsp3) is 0.118.